The van der Waals surface area contributed by atoms with Crippen LogP contribution in [0.3, 0.4) is 0 Å². The van der Waals surface area contributed by atoms with Gasteiger partial charge in [0.1, 0.15) is 6.61 Å². The highest BCUT2D eigenvalue weighted by molar-refractivity contribution is 8.13. The van der Waals surface area contributed by atoms with E-state index in [0.29, 0.717) is 0 Å². The van der Waals surface area contributed by atoms with E-state index < -0.39 is 0 Å². The first-order chi connectivity index (χ1) is 6.31. The van der Waals surface area contributed by atoms with Gasteiger partial charge in [-0.25, -0.2) is 0 Å². The van der Waals surface area contributed by atoms with E-state index in [9.17, 15) is 4.79 Å². The number of aliphatic hydroxyl groups is 1. The van der Waals surface area contributed by atoms with Gasteiger partial charge in [0.15, 0.2) is 0 Å². The fourth-order valence-corrected chi connectivity index (χ4v) is 1.78. The van der Waals surface area contributed by atoms with Gasteiger partial charge in [-0.1, -0.05) is 50.8 Å². The third-order valence-corrected chi connectivity index (χ3v) is 2.83. The van der Waals surface area contributed by atoms with Gasteiger partial charge in [0.05, 0.1) is 0 Å². The molecule has 0 aromatic heterocycles. The van der Waals surface area contributed by atoms with E-state index >= 15 is 0 Å². The first kappa shape index (κ1) is 13.0. The molecule has 0 unspecified atom stereocenters. The monoisotopic (exact) mass is 204 g/mol. The molecule has 2 nitrogen and oxygen atoms in total. The van der Waals surface area contributed by atoms with Crippen molar-refractivity contribution in [1.82, 2.24) is 0 Å². The maximum Gasteiger partial charge on any atom is 0.214 e. The van der Waals surface area contributed by atoms with Gasteiger partial charge >= 0.3 is 0 Å². The Balaban J connectivity index is 2.95. The van der Waals surface area contributed by atoms with E-state index in [1.54, 1.807) is 0 Å². The molecule has 0 heterocycles. The van der Waals surface area contributed by atoms with Gasteiger partial charge in [0.2, 0.25) is 5.12 Å². The summed E-state index contributed by atoms with van der Waals surface area (Å²) >= 11 is 1.25. The average molecular weight is 204 g/mol. The third kappa shape index (κ3) is 9.90. The Bertz CT molecular complexity index is 126. The zero-order valence-electron chi connectivity index (χ0n) is 8.42. The first-order valence-electron chi connectivity index (χ1n) is 5.07. The fourth-order valence-electron chi connectivity index (χ4n) is 1.11. The Kier molecular flexibility index (Phi) is 10.0. The minimum absolute atomic E-state index is 0.103. The van der Waals surface area contributed by atoms with Crippen LogP contribution in [0.1, 0.15) is 45.4 Å². The number of hydrogen-bond donors (Lipinski definition) is 1. The van der Waals surface area contributed by atoms with Crippen molar-refractivity contribution in [2.24, 2.45) is 0 Å². The summed E-state index contributed by atoms with van der Waals surface area (Å²) in [4.78, 5) is 10.7. The van der Waals surface area contributed by atoms with Crippen LogP contribution in [-0.4, -0.2) is 22.6 Å². The van der Waals surface area contributed by atoms with Crippen molar-refractivity contribution >= 4 is 16.9 Å². The summed E-state index contributed by atoms with van der Waals surface area (Å²) in [6.45, 7) is 1.89. The molecule has 0 aromatic rings. The Morgan fingerprint density at radius 1 is 1.15 bits per heavy atom. The van der Waals surface area contributed by atoms with Crippen LogP contribution in [0.5, 0.6) is 0 Å². The minimum atomic E-state index is -0.319. The predicted molar refractivity (Wildman–Crippen MR) is 57.9 cm³/mol. The van der Waals surface area contributed by atoms with Crippen molar-refractivity contribution in [2.45, 2.75) is 45.4 Å². The highest BCUT2D eigenvalue weighted by Gasteiger charge is 1.98. The van der Waals surface area contributed by atoms with Crippen LogP contribution < -0.4 is 0 Å². The molecule has 0 atom stereocenters. The molecule has 0 aliphatic heterocycles. The molecule has 0 aliphatic carbocycles. The van der Waals surface area contributed by atoms with Gasteiger partial charge in [-0.05, 0) is 6.42 Å². The van der Waals surface area contributed by atoms with E-state index in [1.165, 1.54) is 43.9 Å². The van der Waals surface area contributed by atoms with Crippen LogP contribution in [-0.2, 0) is 4.79 Å². The number of carbonyl (C=O) groups is 1. The molecule has 0 bridgehead atoms. The lowest BCUT2D eigenvalue weighted by Crippen LogP contribution is -1.98. The number of thioether (sulfide) groups is 1. The van der Waals surface area contributed by atoms with Crippen LogP contribution in [0.25, 0.3) is 0 Å². The summed E-state index contributed by atoms with van der Waals surface area (Å²) in [6, 6.07) is 0. The SMILES string of the molecule is CCCCCCCCSC(=O)CO. The van der Waals surface area contributed by atoms with E-state index in [1.807, 2.05) is 0 Å². The molecule has 0 radical (unpaired) electrons. The molecule has 0 fully saturated rings. The molecule has 0 rings (SSSR count). The van der Waals surface area contributed by atoms with Crippen molar-refractivity contribution in [3.05, 3.63) is 0 Å². The highest BCUT2D eigenvalue weighted by atomic mass is 32.2. The Morgan fingerprint density at radius 2 is 1.77 bits per heavy atom. The molecule has 1 N–H and O–H groups in total. The van der Waals surface area contributed by atoms with Crippen LogP contribution in [0.2, 0.25) is 0 Å². The number of rotatable bonds is 8. The molecule has 0 saturated heterocycles. The van der Waals surface area contributed by atoms with Gasteiger partial charge in [-0.3, -0.25) is 4.79 Å². The fraction of sp³-hybridized carbons (Fsp3) is 0.900. The summed E-state index contributed by atoms with van der Waals surface area (Å²) in [5.41, 5.74) is 0. The second-order valence-electron chi connectivity index (χ2n) is 3.15. The normalized spacial score (nSPS) is 10.3. The molecule has 0 amide bonds. The molecule has 0 saturated carbocycles. The Hall–Kier alpha value is -0.0200. The van der Waals surface area contributed by atoms with Gasteiger partial charge in [-0.15, -0.1) is 0 Å². The van der Waals surface area contributed by atoms with Crippen LogP contribution in [0, 0.1) is 0 Å². The quantitative estimate of drug-likeness (QED) is 0.617. The second kappa shape index (κ2) is 10.1. The second-order valence-corrected chi connectivity index (χ2v) is 4.30. The van der Waals surface area contributed by atoms with Crippen molar-refractivity contribution in [1.29, 1.82) is 0 Å². The van der Waals surface area contributed by atoms with Gasteiger partial charge < -0.3 is 5.11 Å². The van der Waals surface area contributed by atoms with Crippen LogP contribution in [0.4, 0.5) is 0 Å². The molecule has 3 heteroatoms. The maximum absolute atomic E-state index is 10.7. The number of carbonyl (C=O) groups excluding carboxylic acids is 1. The predicted octanol–water partition coefficient (Wildman–Crippen LogP) is 2.60. The minimum Gasteiger partial charge on any atom is -0.388 e. The summed E-state index contributed by atoms with van der Waals surface area (Å²) in [6.07, 6.45) is 7.50. The molecular weight excluding hydrogens is 184 g/mol. The lowest BCUT2D eigenvalue weighted by molar-refractivity contribution is -0.113. The highest BCUT2D eigenvalue weighted by Crippen LogP contribution is 2.09. The summed E-state index contributed by atoms with van der Waals surface area (Å²) in [5, 5.41) is 8.33. The van der Waals surface area contributed by atoms with Crippen molar-refractivity contribution in [3.63, 3.8) is 0 Å². The van der Waals surface area contributed by atoms with Crippen LogP contribution in [0.15, 0.2) is 0 Å². The smallest absolute Gasteiger partial charge is 0.214 e. The molecule has 78 valence electrons. The van der Waals surface area contributed by atoms with E-state index in [0.717, 1.165) is 12.2 Å². The van der Waals surface area contributed by atoms with Crippen molar-refractivity contribution in [3.8, 4) is 0 Å². The van der Waals surface area contributed by atoms with E-state index in [-0.39, 0.29) is 11.7 Å². The van der Waals surface area contributed by atoms with Crippen molar-refractivity contribution in [2.75, 3.05) is 12.4 Å². The first-order valence-corrected chi connectivity index (χ1v) is 6.06. The lowest BCUT2D eigenvalue weighted by atomic mass is 10.1. The summed E-state index contributed by atoms with van der Waals surface area (Å²) in [7, 11) is 0. The zero-order valence-corrected chi connectivity index (χ0v) is 9.24. The Labute approximate surface area is 85.1 Å². The molecular formula is C10H20O2S. The number of hydrogen-bond acceptors (Lipinski definition) is 3. The zero-order chi connectivity index (χ0) is 9.94. The number of aliphatic hydroxyl groups excluding tert-OH is 1. The largest absolute Gasteiger partial charge is 0.388 e. The molecule has 0 aromatic carbocycles. The molecule has 0 aliphatic rings. The van der Waals surface area contributed by atoms with Crippen LogP contribution >= 0.6 is 11.8 Å². The average Bonchev–Trinajstić information content (AvgIpc) is 2.16. The van der Waals surface area contributed by atoms with Crippen molar-refractivity contribution < 1.29 is 9.90 Å². The van der Waals surface area contributed by atoms with Gasteiger partial charge in [-0.2, -0.15) is 0 Å². The maximum atomic E-state index is 10.7. The standard InChI is InChI=1S/C10H20O2S/c1-2-3-4-5-6-7-8-13-10(12)9-11/h11H,2-9H2,1H3. The topological polar surface area (TPSA) is 37.3 Å². The summed E-state index contributed by atoms with van der Waals surface area (Å²) < 4.78 is 0. The van der Waals surface area contributed by atoms with Gasteiger partial charge in [0, 0.05) is 5.75 Å². The van der Waals surface area contributed by atoms with Gasteiger partial charge in [0.25, 0.3) is 0 Å². The van der Waals surface area contributed by atoms with E-state index in [4.69, 9.17) is 5.11 Å². The number of unbranched alkanes of at least 4 members (excludes halogenated alkanes) is 5. The Morgan fingerprint density at radius 3 is 2.38 bits per heavy atom. The molecule has 13 heavy (non-hydrogen) atoms. The third-order valence-electron chi connectivity index (χ3n) is 1.89. The molecule has 0 spiro atoms. The summed E-state index contributed by atoms with van der Waals surface area (Å²) in [5.74, 6) is 0.867. The van der Waals surface area contributed by atoms with E-state index in [2.05, 4.69) is 6.92 Å². The lowest BCUT2D eigenvalue weighted by Gasteiger charge is -1.99.